The fourth-order valence-corrected chi connectivity index (χ4v) is 4.18. The highest BCUT2D eigenvalue weighted by molar-refractivity contribution is 7.17. The van der Waals surface area contributed by atoms with Crippen molar-refractivity contribution in [1.29, 1.82) is 0 Å². The SMILES string of the molecule is CCc1ccc(NC(=O)[C@@H]2CCCN(c3nnc(-n4cccc4)s3)C2)cc1. The minimum absolute atomic E-state index is 0.0384. The van der Waals surface area contributed by atoms with Gasteiger partial charge < -0.3 is 10.2 Å². The van der Waals surface area contributed by atoms with E-state index in [0.717, 1.165) is 41.8 Å². The summed E-state index contributed by atoms with van der Waals surface area (Å²) in [7, 11) is 0. The van der Waals surface area contributed by atoms with Crippen molar-refractivity contribution < 1.29 is 4.79 Å². The van der Waals surface area contributed by atoms with Crippen molar-refractivity contribution in [1.82, 2.24) is 14.8 Å². The first-order valence-electron chi connectivity index (χ1n) is 9.34. The monoisotopic (exact) mass is 381 g/mol. The zero-order valence-electron chi connectivity index (χ0n) is 15.3. The molecular formula is C20H23N5OS. The average Bonchev–Trinajstić information content (AvgIpc) is 3.40. The molecule has 2 aromatic heterocycles. The summed E-state index contributed by atoms with van der Waals surface area (Å²) in [4.78, 5) is 14.9. The van der Waals surface area contributed by atoms with E-state index in [0.29, 0.717) is 6.54 Å². The van der Waals surface area contributed by atoms with Gasteiger partial charge in [-0.3, -0.25) is 9.36 Å². The van der Waals surface area contributed by atoms with E-state index in [2.05, 4.69) is 39.5 Å². The highest BCUT2D eigenvalue weighted by Crippen LogP contribution is 2.28. The lowest BCUT2D eigenvalue weighted by Crippen LogP contribution is -2.40. The van der Waals surface area contributed by atoms with Crippen LogP contribution in [0.15, 0.2) is 48.8 Å². The summed E-state index contributed by atoms with van der Waals surface area (Å²) >= 11 is 1.55. The number of rotatable bonds is 5. The van der Waals surface area contributed by atoms with Gasteiger partial charge in [0.15, 0.2) is 0 Å². The first kappa shape index (κ1) is 17.7. The second kappa shape index (κ2) is 7.92. The molecule has 0 aliphatic carbocycles. The molecule has 27 heavy (non-hydrogen) atoms. The van der Waals surface area contributed by atoms with Crippen molar-refractivity contribution in [3.63, 3.8) is 0 Å². The van der Waals surface area contributed by atoms with Crippen LogP contribution in [0, 0.1) is 5.92 Å². The summed E-state index contributed by atoms with van der Waals surface area (Å²) in [6.45, 7) is 3.72. The van der Waals surface area contributed by atoms with E-state index in [-0.39, 0.29) is 11.8 Å². The van der Waals surface area contributed by atoms with Crippen LogP contribution in [0.4, 0.5) is 10.8 Å². The summed E-state index contributed by atoms with van der Waals surface area (Å²) in [5.41, 5.74) is 2.13. The van der Waals surface area contributed by atoms with Gasteiger partial charge in [0.1, 0.15) is 0 Å². The number of piperidine rings is 1. The standard InChI is InChI=1S/C20H23N5OS/c1-2-15-7-9-17(10-8-15)21-18(26)16-6-5-13-25(14-16)20-23-22-19(27-20)24-11-3-4-12-24/h3-4,7-12,16H,2,5-6,13-14H2,1H3,(H,21,26)/t16-/m1/s1. The van der Waals surface area contributed by atoms with Gasteiger partial charge in [-0.1, -0.05) is 30.4 Å². The molecule has 140 valence electrons. The van der Waals surface area contributed by atoms with Crippen LogP contribution < -0.4 is 10.2 Å². The van der Waals surface area contributed by atoms with Gasteiger partial charge >= 0.3 is 0 Å². The average molecular weight is 382 g/mol. The van der Waals surface area contributed by atoms with Gasteiger partial charge in [0.2, 0.25) is 16.2 Å². The summed E-state index contributed by atoms with van der Waals surface area (Å²) in [5.74, 6) is 0.0441. The van der Waals surface area contributed by atoms with Crippen LogP contribution in [0.25, 0.3) is 5.13 Å². The van der Waals surface area contributed by atoms with Crippen molar-refractivity contribution in [2.45, 2.75) is 26.2 Å². The first-order valence-corrected chi connectivity index (χ1v) is 10.2. The summed E-state index contributed by atoms with van der Waals surface area (Å²) in [6, 6.07) is 12.0. The van der Waals surface area contributed by atoms with Crippen LogP contribution in [-0.2, 0) is 11.2 Å². The molecule has 1 fully saturated rings. The number of carbonyl (C=O) groups is 1. The number of benzene rings is 1. The third kappa shape index (κ3) is 4.03. The Bertz CT molecular complexity index is 888. The predicted molar refractivity (Wildman–Crippen MR) is 109 cm³/mol. The molecule has 1 aliphatic heterocycles. The number of nitrogens with zero attached hydrogens (tertiary/aromatic N) is 4. The lowest BCUT2D eigenvalue weighted by molar-refractivity contribution is -0.120. The summed E-state index contributed by atoms with van der Waals surface area (Å²) in [5, 5.41) is 13.4. The Morgan fingerprint density at radius 3 is 2.67 bits per heavy atom. The minimum Gasteiger partial charge on any atom is -0.346 e. The Balaban J connectivity index is 1.40. The van der Waals surface area contributed by atoms with Gasteiger partial charge in [0, 0.05) is 31.2 Å². The van der Waals surface area contributed by atoms with Crippen LogP contribution in [0.2, 0.25) is 0 Å². The van der Waals surface area contributed by atoms with Gasteiger partial charge in [-0.15, -0.1) is 10.2 Å². The number of hydrogen-bond donors (Lipinski definition) is 1. The minimum atomic E-state index is -0.0384. The first-order chi connectivity index (χ1) is 13.2. The normalized spacial score (nSPS) is 17.1. The molecule has 1 N–H and O–H groups in total. The molecule has 1 saturated heterocycles. The van der Waals surface area contributed by atoms with Crippen LogP contribution >= 0.6 is 11.3 Å². The molecule has 0 spiro atoms. The zero-order valence-corrected chi connectivity index (χ0v) is 16.2. The van der Waals surface area contributed by atoms with Gasteiger partial charge in [0.05, 0.1) is 5.92 Å². The van der Waals surface area contributed by atoms with Crippen molar-refractivity contribution in [2.24, 2.45) is 5.92 Å². The number of nitrogens with one attached hydrogen (secondary N) is 1. The maximum atomic E-state index is 12.7. The fraction of sp³-hybridized carbons (Fsp3) is 0.350. The number of aryl methyl sites for hydroxylation is 1. The Kier molecular flexibility index (Phi) is 5.20. The van der Waals surface area contributed by atoms with Crippen molar-refractivity contribution >= 4 is 28.1 Å². The third-order valence-corrected chi connectivity index (χ3v) is 5.92. The summed E-state index contributed by atoms with van der Waals surface area (Å²) < 4.78 is 1.95. The quantitative estimate of drug-likeness (QED) is 0.731. The van der Waals surface area contributed by atoms with E-state index in [4.69, 9.17) is 0 Å². The molecule has 1 amide bonds. The second-order valence-corrected chi connectivity index (χ2v) is 7.72. The second-order valence-electron chi connectivity index (χ2n) is 6.78. The van der Waals surface area contributed by atoms with Gasteiger partial charge in [-0.2, -0.15) is 0 Å². The molecule has 0 radical (unpaired) electrons. The smallest absolute Gasteiger partial charge is 0.229 e. The number of anilines is 2. The van der Waals surface area contributed by atoms with Crippen molar-refractivity contribution in [3.05, 3.63) is 54.4 Å². The highest BCUT2D eigenvalue weighted by Gasteiger charge is 2.27. The Hall–Kier alpha value is -2.67. The molecule has 1 atom stereocenters. The molecule has 1 aliphatic rings. The van der Waals surface area contributed by atoms with Gasteiger partial charge in [-0.25, -0.2) is 0 Å². The highest BCUT2D eigenvalue weighted by atomic mass is 32.1. The number of aromatic nitrogens is 3. The number of carbonyl (C=O) groups excluding carboxylic acids is 1. The Morgan fingerprint density at radius 2 is 1.93 bits per heavy atom. The lowest BCUT2D eigenvalue weighted by atomic mass is 9.97. The van der Waals surface area contributed by atoms with E-state index in [1.54, 1.807) is 11.3 Å². The van der Waals surface area contributed by atoms with Crippen molar-refractivity contribution in [3.8, 4) is 5.13 Å². The van der Waals surface area contributed by atoms with E-state index in [9.17, 15) is 4.79 Å². The molecule has 7 heteroatoms. The van der Waals surface area contributed by atoms with Crippen LogP contribution in [-0.4, -0.2) is 33.8 Å². The number of hydrogen-bond acceptors (Lipinski definition) is 5. The molecule has 4 rings (SSSR count). The van der Waals surface area contributed by atoms with E-state index >= 15 is 0 Å². The van der Waals surface area contributed by atoms with Gasteiger partial charge in [0.25, 0.3) is 0 Å². The molecule has 1 aromatic carbocycles. The van der Waals surface area contributed by atoms with Crippen LogP contribution in [0.3, 0.4) is 0 Å². The molecule has 0 saturated carbocycles. The van der Waals surface area contributed by atoms with Crippen LogP contribution in [0.5, 0.6) is 0 Å². The summed E-state index contributed by atoms with van der Waals surface area (Å²) in [6.07, 6.45) is 6.80. The van der Waals surface area contributed by atoms with E-state index < -0.39 is 0 Å². The molecule has 0 bridgehead atoms. The molecule has 0 unspecified atom stereocenters. The maximum absolute atomic E-state index is 12.7. The number of amides is 1. The Labute approximate surface area is 162 Å². The zero-order chi connectivity index (χ0) is 18.6. The van der Waals surface area contributed by atoms with Gasteiger partial charge in [-0.05, 0) is 49.1 Å². The molecule has 6 nitrogen and oxygen atoms in total. The molecule has 3 heterocycles. The van der Waals surface area contributed by atoms with Crippen LogP contribution in [0.1, 0.15) is 25.3 Å². The largest absolute Gasteiger partial charge is 0.346 e. The van der Waals surface area contributed by atoms with Crippen molar-refractivity contribution in [2.75, 3.05) is 23.3 Å². The Morgan fingerprint density at radius 1 is 1.19 bits per heavy atom. The lowest BCUT2D eigenvalue weighted by Gasteiger charge is -2.31. The topological polar surface area (TPSA) is 63.1 Å². The van der Waals surface area contributed by atoms with E-state index in [1.165, 1.54) is 5.56 Å². The molecular weight excluding hydrogens is 358 g/mol. The maximum Gasteiger partial charge on any atom is 0.229 e. The van der Waals surface area contributed by atoms with E-state index in [1.807, 2.05) is 41.2 Å². The predicted octanol–water partition coefficient (Wildman–Crippen LogP) is 3.75. The molecule has 3 aromatic rings. The third-order valence-electron chi connectivity index (χ3n) is 4.92. The fourth-order valence-electron chi connectivity index (χ4n) is 3.34.